The first-order valence-corrected chi connectivity index (χ1v) is 6.15. The predicted molar refractivity (Wildman–Crippen MR) is 65.0 cm³/mol. The fourth-order valence-corrected chi connectivity index (χ4v) is 1.85. The fourth-order valence-electron chi connectivity index (χ4n) is 1.85. The molecule has 88 valence electrons. The average Bonchev–Trinajstić information content (AvgIpc) is 2.69. The Kier molecular flexibility index (Phi) is 5.96. The summed E-state index contributed by atoms with van der Waals surface area (Å²) in [7, 11) is 0. The molecule has 0 bridgehead atoms. The van der Waals surface area contributed by atoms with Crippen LogP contribution in [0.5, 0.6) is 0 Å². The lowest BCUT2D eigenvalue weighted by molar-refractivity contribution is 0.190. The van der Waals surface area contributed by atoms with Crippen molar-refractivity contribution >= 4 is 0 Å². The molecule has 0 aliphatic carbocycles. The van der Waals surface area contributed by atoms with Crippen molar-refractivity contribution in [3.05, 3.63) is 11.6 Å². The summed E-state index contributed by atoms with van der Waals surface area (Å²) in [6.45, 7) is 10.8. The molecule has 1 unspecified atom stereocenters. The number of hydrogen-bond acceptors (Lipinski definition) is 2. The summed E-state index contributed by atoms with van der Waals surface area (Å²) < 4.78 is 5.38. The van der Waals surface area contributed by atoms with Gasteiger partial charge in [-0.15, -0.1) is 0 Å². The van der Waals surface area contributed by atoms with Crippen LogP contribution in [-0.2, 0) is 4.74 Å². The van der Waals surface area contributed by atoms with Gasteiger partial charge in [-0.2, -0.15) is 0 Å². The molecular formula is C13H25NO. The quantitative estimate of drug-likeness (QED) is 0.538. The minimum Gasteiger partial charge on any atom is -0.381 e. The minimum atomic E-state index is 0.690. The third-order valence-corrected chi connectivity index (χ3v) is 2.91. The van der Waals surface area contributed by atoms with E-state index < -0.39 is 0 Å². The van der Waals surface area contributed by atoms with Gasteiger partial charge in [0.2, 0.25) is 0 Å². The van der Waals surface area contributed by atoms with E-state index in [-0.39, 0.29) is 0 Å². The number of ether oxygens (including phenoxy) is 1. The van der Waals surface area contributed by atoms with Crippen molar-refractivity contribution in [2.24, 2.45) is 11.8 Å². The molecule has 0 spiro atoms. The molecule has 0 amide bonds. The van der Waals surface area contributed by atoms with Gasteiger partial charge in [0.25, 0.3) is 0 Å². The Morgan fingerprint density at radius 1 is 1.53 bits per heavy atom. The second-order valence-corrected chi connectivity index (χ2v) is 4.90. The van der Waals surface area contributed by atoms with E-state index in [2.05, 4.69) is 32.2 Å². The SMILES string of the molecule is CC(=CCCNCC(C)C)C1CCOC1. The van der Waals surface area contributed by atoms with Crippen LogP contribution in [0.25, 0.3) is 0 Å². The van der Waals surface area contributed by atoms with E-state index in [1.54, 1.807) is 0 Å². The van der Waals surface area contributed by atoms with Crippen molar-refractivity contribution < 1.29 is 4.74 Å². The van der Waals surface area contributed by atoms with Crippen LogP contribution < -0.4 is 5.32 Å². The molecule has 2 heteroatoms. The van der Waals surface area contributed by atoms with Gasteiger partial charge >= 0.3 is 0 Å². The van der Waals surface area contributed by atoms with E-state index in [1.165, 1.54) is 12.0 Å². The van der Waals surface area contributed by atoms with Crippen LogP contribution >= 0.6 is 0 Å². The van der Waals surface area contributed by atoms with E-state index in [0.717, 1.165) is 38.6 Å². The van der Waals surface area contributed by atoms with Gasteiger partial charge in [0.1, 0.15) is 0 Å². The molecule has 0 aromatic carbocycles. The van der Waals surface area contributed by atoms with Gasteiger partial charge in [0, 0.05) is 12.5 Å². The number of nitrogens with one attached hydrogen (secondary N) is 1. The lowest BCUT2D eigenvalue weighted by Gasteiger charge is -2.09. The van der Waals surface area contributed by atoms with Gasteiger partial charge in [-0.1, -0.05) is 25.5 Å². The van der Waals surface area contributed by atoms with Gasteiger partial charge in [0.05, 0.1) is 6.61 Å². The van der Waals surface area contributed by atoms with E-state index in [4.69, 9.17) is 4.74 Å². The molecule has 1 atom stereocenters. The maximum absolute atomic E-state index is 5.38. The molecule has 1 heterocycles. The van der Waals surface area contributed by atoms with Gasteiger partial charge < -0.3 is 10.1 Å². The van der Waals surface area contributed by atoms with Crippen molar-refractivity contribution in [2.75, 3.05) is 26.3 Å². The van der Waals surface area contributed by atoms with Crippen LogP contribution in [0.4, 0.5) is 0 Å². The van der Waals surface area contributed by atoms with E-state index in [9.17, 15) is 0 Å². The monoisotopic (exact) mass is 211 g/mol. The Morgan fingerprint density at radius 2 is 2.33 bits per heavy atom. The van der Waals surface area contributed by atoms with Gasteiger partial charge in [-0.25, -0.2) is 0 Å². The second kappa shape index (κ2) is 7.02. The van der Waals surface area contributed by atoms with Gasteiger partial charge in [-0.3, -0.25) is 0 Å². The van der Waals surface area contributed by atoms with Gasteiger partial charge in [0.15, 0.2) is 0 Å². The topological polar surface area (TPSA) is 21.3 Å². The summed E-state index contributed by atoms with van der Waals surface area (Å²) >= 11 is 0. The molecule has 0 aromatic heterocycles. The highest BCUT2D eigenvalue weighted by Crippen LogP contribution is 2.20. The molecule has 1 fully saturated rings. The van der Waals surface area contributed by atoms with Crippen LogP contribution in [0.15, 0.2) is 11.6 Å². The molecule has 0 aromatic rings. The first-order valence-electron chi connectivity index (χ1n) is 6.15. The summed E-state index contributed by atoms with van der Waals surface area (Å²) in [4.78, 5) is 0. The van der Waals surface area contributed by atoms with Crippen LogP contribution in [-0.4, -0.2) is 26.3 Å². The predicted octanol–water partition coefficient (Wildman–Crippen LogP) is 2.60. The molecule has 1 saturated heterocycles. The zero-order chi connectivity index (χ0) is 11.1. The first-order chi connectivity index (χ1) is 7.20. The second-order valence-electron chi connectivity index (χ2n) is 4.90. The molecule has 0 saturated carbocycles. The summed E-state index contributed by atoms with van der Waals surface area (Å²) in [6.07, 6.45) is 4.73. The van der Waals surface area contributed by atoms with Crippen LogP contribution in [0.2, 0.25) is 0 Å². The highest BCUT2D eigenvalue weighted by Gasteiger charge is 2.16. The highest BCUT2D eigenvalue weighted by molar-refractivity contribution is 5.04. The van der Waals surface area contributed by atoms with Crippen molar-refractivity contribution in [2.45, 2.75) is 33.6 Å². The molecule has 15 heavy (non-hydrogen) atoms. The van der Waals surface area contributed by atoms with Crippen molar-refractivity contribution in [1.82, 2.24) is 5.32 Å². The Labute approximate surface area is 94.1 Å². The van der Waals surface area contributed by atoms with Gasteiger partial charge in [-0.05, 0) is 38.8 Å². The van der Waals surface area contributed by atoms with E-state index in [1.807, 2.05) is 0 Å². The summed E-state index contributed by atoms with van der Waals surface area (Å²) in [5, 5.41) is 3.45. The zero-order valence-corrected chi connectivity index (χ0v) is 10.4. The van der Waals surface area contributed by atoms with E-state index >= 15 is 0 Å². The van der Waals surface area contributed by atoms with E-state index in [0.29, 0.717) is 5.92 Å². The maximum atomic E-state index is 5.38. The molecule has 0 radical (unpaired) electrons. The zero-order valence-electron chi connectivity index (χ0n) is 10.4. The Morgan fingerprint density at radius 3 is 2.93 bits per heavy atom. The maximum Gasteiger partial charge on any atom is 0.0532 e. The first kappa shape index (κ1) is 12.7. The minimum absolute atomic E-state index is 0.690. The lowest BCUT2D eigenvalue weighted by Crippen LogP contribution is -2.20. The van der Waals surface area contributed by atoms with Crippen molar-refractivity contribution in [1.29, 1.82) is 0 Å². The standard InChI is InChI=1S/C13H25NO/c1-11(2)9-14-7-4-5-12(3)13-6-8-15-10-13/h5,11,13-14H,4,6-10H2,1-3H3. The molecule has 1 rings (SSSR count). The smallest absolute Gasteiger partial charge is 0.0532 e. The lowest BCUT2D eigenvalue weighted by atomic mass is 9.99. The summed E-state index contributed by atoms with van der Waals surface area (Å²) in [5.74, 6) is 1.44. The van der Waals surface area contributed by atoms with Crippen LogP contribution in [0.3, 0.4) is 0 Å². The summed E-state index contributed by atoms with van der Waals surface area (Å²) in [6, 6.07) is 0. The van der Waals surface area contributed by atoms with Crippen molar-refractivity contribution in [3.63, 3.8) is 0 Å². The molecule has 2 nitrogen and oxygen atoms in total. The average molecular weight is 211 g/mol. The highest BCUT2D eigenvalue weighted by atomic mass is 16.5. The molecular weight excluding hydrogens is 186 g/mol. The molecule has 1 N–H and O–H groups in total. The van der Waals surface area contributed by atoms with Crippen molar-refractivity contribution in [3.8, 4) is 0 Å². The normalized spacial score (nSPS) is 22.7. The largest absolute Gasteiger partial charge is 0.381 e. The van der Waals surface area contributed by atoms with Crippen LogP contribution in [0, 0.1) is 11.8 Å². The molecule has 1 aliphatic heterocycles. The summed E-state index contributed by atoms with van der Waals surface area (Å²) in [5.41, 5.74) is 1.51. The Balaban J connectivity index is 2.08. The molecule has 1 aliphatic rings. The Bertz CT molecular complexity index is 193. The third-order valence-electron chi connectivity index (χ3n) is 2.91. The number of hydrogen-bond donors (Lipinski definition) is 1. The Hall–Kier alpha value is -0.340. The third kappa shape index (κ3) is 5.33. The van der Waals surface area contributed by atoms with Crippen LogP contribution in [0.1, 0.15) is 33.6 Å². The fraction of sp³-hybridized carbons (Fsp3) is 0.846. The number of rotatable bonds is 6.